The van der Waals surface area contributed by atoms with Gasteiger partial charge in [-0.2, -0.15) is 0 Å². The minimum Gasteiger partial charge on any atom is -0.508 e. The Morgan fingerprint density at radius 2 is 1.08 bits per heavy atom. The lowest BCUT2D eigenvalue weighted by molar-refractivity contribution is 0.305. The van der Waals surface area contributed by atoms with Gasteiger partial charge in [-0.25, -0.2) is 0 Å². The number of hydrogen-bond acceptors (Lipinski definition) is 2. The molecule has 0 saturated carbocycles. The number of aromatic hydroxyl groups is 1. The van der Waals surface area contributed by atoms with Crippen LogP contribution in [-0.2, 0) is 12.8 Å². The van der Waals surface area contributed by atoms with Crippen molar-refractivity contribution in [2.24, 2.45) is 0 Å². The molecule has 0 atom stereocenters. The fourth-order valence-electron chi connectivity index (χ4n) is 6.87. The summed E-state index contributed by atoms with van der Waals surface area (Å²) < 4.78 is 6.35. The molecule has 0 aliphatic carbocycles. The van der Waals surface area contributed by atoms with Crippen molar-refractivity contribution in [2.45, 2.75) is 64.2 Å². The van der Waals surface area contributed by atoms with Crippen LogP contribution in [0.2, 0.25) is 0 Å². The first-order valence-electron chi connectivity index (χ1n) is 18.0. The molecule has 5 aromatic rings. The van der Waals surface area contributed by atoms with Gasteiger partial charge in [0.2, 0.25) is 0 Å². The lowest BCUT2D eigenvalue weighted by Crippen LogP contribution is -2.33. The first kappa shape index (κ1) is 35.9. The van der Waals surface area contributed by atoms with Crippen molar-refractivity contribution < 1.29 is 9.84 Å². The first-order valence-corrected chi connectivity index (χ1v) is 20.0. The van der Waals surface area contributed by atoms with Gasteiger partial charge >= 0.3 is 0 Å². The summed E-state index contributed by atoms with van der Waals surface area (Å²) in [5.41, 5.74) is 4.18. The molecule has 0 unspecified atom stereocenters. The van der Waals surface area contributed by atoms with Crippen LogP contribution in [0.4, 0.5) is 0 Å². The molecule has 0 spiro atoms. The predicted octanol–water partition coefficient (Wildman–Crippen LogP) is 11.0. The Kier molecular flexibility index (Phi) is 13.9. The second-order valence-electron chi connectivity index (χ2n) is 12.9. The highest BCUT2D eigenvalue weighted by atomic mass is 31.2. The van der Waals surface area contributed by atoms with Gasteiger partial charge in [0.25, 0.3) is 0 Å². The summed E-state index contributed by atoms with van der Waals surface area (Å²) in [6.07, 6.45) is 16.2. The standard InChI is InChI=1S/C46H51O2P/c1-3-22-38-30-33-46(44(36-38)39-31-32-45(47)40(37-39)23-4-2)48-34-20-9-7-5-6-8-10-21-35-49(41-24-14-11-15-25-41,42-26-16-12-17-27-42)43-28-18-13-19-29-43/h3-4,11-19,24-33,36-37H,1-2,5-10,20-23,34-35H2/p+1. The molecule has 0 aliphatic heterocycles. The highest BCUT2D eigenvalue weighted by molar-refractivity contribution is 7.95. The van der Waals surface area contributed by atoms with Crippen LogP contribution in [-0.4, -0.2) is 17.9 Å². The van der Waals surface area contributed by atoms with E-state index in [1.54, 1.807) is 6.07 Å². The molecule has 0 radical (unpaired) electrons. The van der Waals surface area contributed by atoms with E-state index >= 15 is 0 Å². The van der Waals surface area contributed by atoms with Crippen molar-refractivity contribution in [3.63, 3.8) is 0 Å². The maximum Gasteiger partial charge on any atom is 0.127 e. The van der Waals surface area contributed by atoms with Gasteiger partial charge in [-0.05, 0) is 109 Å². The van der Waals surface area contributed by atoms with Crippen LogP contribution >= 0.6 is 7.26 Å². The number of ether oxygens (including phenoxy) is 1. The van der Waals surface area contributed by atoms with E-state index in [9.17, 15) is 5.11 Å². The zero-order chi connectivity index (χ0) is 34.2. The molecule has 252 valence electrons. The summed E-state index contributed by atoms with van der Waals surface area (Å²) in [4.78, 5) is 0. The molecule has 3 heteroatoms. The van der Waals surface area contributed by atoms with Crippen molar-refractivity contribution in [1.82, 2.24) is 0 Å². The maximum absolute atomic E-state index is 10.3. The molecule has 0 aliphatic rings. The van der Waals surface area contributed by atoms with Gasteiger partial charge in [0.1, 0.15) is 34.7 Å². The molecular formula is C46H52O2P+. The average Bonchev–Trinajstić information content (AvgIpc) is 3.15. The van der Waals surface area contributed by atoms with Gasteiger partial charge in [-0.1, -0.05) is 111 Å². The third-order valence-electron chi connectivity index (χ3n) is 9.42. The molecule has 0 amide bonds. The van der Waals surface area contributed by atoms with Gasteiger partial charge in [-0.15, -0.1) is 13.2 Å². The summed E-state index contributed by atoms with van der Waals surface area (Å²) in [5.74, 6) is 1.19. The molecule has 0 bridgehead atoms. The Morgan fingerprint density at radius 1 is 0.551 bits per heavy atom. The summed E-state index contributed by atoms with van der Waals surface area (Å²) >= 11 is 0. The highest BCUT2D eigenvalue weighted by Crippen LogP contribution is 2.56. The molecule has 0 saturated heterocycles. The minimum atomic E-state index is -1.72. The van der Waals surface area contributed by atoms with E-state index in [4.69, 9.17) is 4.74 Å². The van der Waals surface area contributed by atoms with Crippen LogP contribution < -0.4 is 20.7 Å². The zero-order valence-electron chi connectivity index (χ0n) is 29.0. The Bertz CT molecular complexity index is 1630. The Labute approximate surface area is 295 Å². The molecule has 5 aromatic carbocycles. The van der Waals surface area contributed by atoms with Gasteiger partial charge in [0, 0.05) is 5.56 Å². The summed E-state index contributed by atoms with van der Waals surface area (Å²) in [5, 5.41) is 14.7. The molecule has 2 nitrogen and oxygen atoms in total. The third-order valence-corrected chi connectivity index (χ3v) is 13.9. The molecule has 1 N–H and O–H groups in total. The van der Waals surface area contributed by atoms with E-state index in [2.05, 4.69) is 122 Å². The predicted molar refractivity (Wildman–Crippen MR) is 214 cm³/mol. The molecular weight excluding hydrogens is 615 g/mol. The van der Waals surface area contributed by atoms with Crippen LogP contribution in [0.5, 0.6) is 11.5 Å². The van der Waals surface area contributed by atoms with E-state index < -0.39 is 7.26 Å². The Hall–Kier alpha value is -4.39. The molecule has 49 heavy (non-hydrogen) atoms. The summed E-state index contributed by atoms with van der Waals surface area (Å²) in [6.45, 7) is 8.45. The van der Waals surface area contributed by atoms with Crippen molar-refractivity contribution in [1.29, 1.82) is 0 Å². The number of allylic oxidation sites excluding steroid dienone is 2. The number of rotatable bonds is 20. The average molecular weight is 668 g/mol. The number of unbranched alkanes of at least 4 members (excludes halogenated alkanes) is 7. The van der Waals surface area contributed by atoms with Gasteiger partial charge in [0.15, 0.2) is 0 Å². The largest absolute Gasteiger partial charge is 0.508 e. The van der Waals surface area contributed by atoms with E-state index in [1.807, 2.05) is 24.3 Å². The van der Waals surface area contributed by atoms with Crippen molar-refractivity contribution in [3.05, 3.63) is 164 Å². The normalized spacial score (nSPS) is 11.3. The van der Waals surface area contributed by atoms with Crippen LogP contribution in [0.15, 0.2) is 153 Å². The van der Waals surface area contributed by atoms with Crippen LogP contribution in [0, 0.1) is 0 Å². The second-order valence-corrected chi connectivity index (χ2v) is 16.5. The SMILES string of the molecule is C=CCc1ccc(OCCCCCCCCCC[P+](c2ccccc2)(c2ccccc2)c2ccccc2)c(-c2ccc(O)c(CC=C)c2)c1. The first-order chi connectivity index (χ1) is 24.2. The zero-order valence-corrected chi connectivity index (χ0v) is 29.9. The van der Waals surface area contributed by atoms with Crippen LogP contribution in [0.25, 0.3) is 11.1 Å². The highest BCUT2D eigenvalue weighted by Gasteiger charge is 2.44. The molecule has 0 heterocycles. The topological polar surface area (TPSA) is 29.5 Å². The maximum atomic E-state index is 10.3. The smallest absolute Gasteiger partial charge is 0.127 e. The second kappa shape index (κ2) is 19.0. The van der Waals surface area contributed by atoms with E-state index in [1.165, 1.54) is 72.6 Å². The fourth-order valence-corrected chi connectivity index (χ4v) is 11.3. The number of phenolic OH excluding ortho intramolecular Hbond substituents is 1. The van der Waals surface area contributed by atoms with Crippen molar-refractivity contribution in [2.75, 3.05) is 12.8 Å². The molecule has 0 aromatic heterocycles. The van der Waals surface area contributed by atoms with E-state index in [-0.39, 0.29) is 0 Å². The summed E-state index contributed by atoms with van der Waals surface area (Å²) in [7, 11) is -1.72. The summed E-state index contributed by atoms with van der Waals surface area (Å²) in [6, 6.07) is 45.9. The monoisotopic (exact) mass is 667 g/mol. The number of phenols is 1. The lowest BCUT2D eigenvalue weighted by Gasteiger charge is -2.27. The Balaban J connectivity index is 1.09. The van der Waals surface area contributed by atoms with Crippen LogP contribution in [0.3, 0.4) is 0 Å². The Morgan fingerprint density at radius 3 is 1.63 bits per heavy atom. The number of benzene rings is 5. The van der Waals surface area contributed by atoms with E-state index in [0.717, 1.165) is 35.3 Å². The van der Waals surface area contributed by atoms with Gasteiger partial charge < -0.3 is 9.84 Å². The lowest BCUT2D eigenvalue weighted by atomic mass is 9.97. The van der Waals surface area contributed by atoms with Gasteiger partial charge in [-0.3, -0.25) is 0 Å². The van der Waals surface area contributed by atoms with E-state index in [0.29, 0.717) is 18.8 Å². The van der Waals surface area contributed by atoms with Crippen molar-refractivity contribution >= 4 is 23.2 Å². The quantitative estimate of drug-likeness (QED) is 0.0508. The third kappa shape index (κ3) is 9.62. The van der Waals surface area contributed by atoms with Gasteiger partial charge in [0.05, 0.1) is 12.8 Å². The molecule has 5 rings (SSSR count). The number of hydrogen-bond donors (Lipinski definition) is 1. The van der Waals surface area contributed by atoms with Crippen LogP contribution in [0.1, 0.15) is 62.5 Å². The minimum absolute atomic E-state index is 0.300. The fraction of sp³-hybridized carbons (Fsp3) is 0.261. The van der Waals surface area contributed by atoms with Crippen molar-refractivity contribution in [3.8, 4) is 22.6 Å². The molecule has 0 fully saturated rings.